The molecule has 0 bridgehead atoms. The highest BCUT2D eigenvalue weighted by Gasteiger charge is 2.08. The van der Waals surface area contributed by atoms with Crippen molar-refractivity contribution in [3.05, 3.63) is 29.8 Å². The minimum absolute atomic E-state index is 0.138. The Balaban J connectivity index is 1.47. The predicted octanol–water partition coefficient (Wildman–Crippen LogP) is 3.54. The van der Waals surface area contributed by atoms with E-state index in [0.29, 0.717) is 13.0 Å². The minimum atomic E-state index is 0.138. The van der Waals surface area contributed by atoms with Crippen molar-refractivity contribution in [3.8, 4) is 5.75 Å². The number of ether oxygens (including phenoxy) is 1. The molecule has 1 aromatic rings. The number of rotatable bonds is 9. The largest absolute Gasteiger partial charge is 0.494 e. The Morgan fingerprint density at radius 2 is 1.96 bits per heavy atom. The van der Waals surface area contributed by atoms with Crippen molar-refractivity contribution in [3.63, 3.8) is 0 Å². The maximum absolute atomic E-state index is 11.8. The van der Waals surface area contributed by atoms with Crippen molar-refractivity contribution in [1.29, 1.82) is 0 Å². The zero-order valence-electron chi connectivity index (χ0n) is 15.1. The van der Waals surface area contributed by atoms with Crippen LogP contribution in [0.25, 0.3) is 0 Å². The van der Waals surface area contributed by atoms with Gasteiger partial charge in [-0.1, -0.05) is 25.0 Å². The van der Waals surface area contributed by atoms with Crippen LogP contribution in [0.3, 0.4) is 0 Å². The van der Waals surface area contributed by atoms with E-state index in [9.17, 15) is 4.79 Å². The summed E-state index contributed by atoms with van der Waals surface area (Å²) in [5.41, 5.74) is 1.19. The second-order valence-electron chi connectivity index (χ2n) is 6.73. The maximum atomic E-state index is 11.8. The molecule has 0 atom stereocenters. The van der Waals surface area contributed by atoms with E-state index >= 15 is 0 Å². The Labute approximate surface area is 146 Å². The first-order chi connectivity index (χ1) is 11.7. The Bertz CT molecular complexity index is 482. The Hall–Kier alpha value is -1.55. The number of carbonyl (C=O) groups excluding carboxylic acids is 1. The monoisotopic (exact) mass is 332 g/mol. The van der Waals surface area contributed by atoms with E-state index < -0.39 is 0 Å². The van der Waals surface area contributed by atoms with E-state index in [-0.39, 0.29) is 5.91 Å². The molecule has 4 nitrogen and oxygen atoms in total. The highest BCUT2D eigenvalue weighted by Crippen LogP contribution is 2.12. The number of hydrogen-bond donors (Lipinski definition) is 1. The molecule has 1 aliphatic rings. The van der Waals surface area contributed by atoms with Gasteiger partial charge in [-0.05, 0) is 69.9 Å². The molecule has 0 spiro atoms. The topological polar surface area (TPSA) is 41.6 Å². The molecule has 0 saturated carbocycles. The van der Waals surface area contributed by atoms with Gasteiger partial charge in [0.25, 0.3) is 0 Å². The van der Waals surface area contributed by atoms with Crippen molar-refractivity contribution in [2.45, 2.75) is 51.9 Å². The molecule has 0 aliphatic carbocycles. The Morgan fingerprint density at radius 1 is 1.17 bits per heavy atom. The summed E-state index contributed by atoms with van der Waals surface area (Å²) >= 11 is 0. The van der Waals surface area contributed by atoms with Crippen LogP contribution < -0.4 is 10.1 Å². The number of nitrogens with one attached hydrogen (secondary N) is 1. The lowest BCUT2D eigenvalue weighted by Gasteiger charge is -2.19. The van der Waals surface area contributed by atoms with Crippen LogP contribution in [0, 0.1) is 6.92 Å². The summed E-state index contributed by atoms with van der Waals surface area (Å²) in [6, 6.07) is 8.01. The first-order valence-electron chi connectivity index (χ1n) is 9.42. The molecule has 0 radical (unpaired) electrons. The van der Waals surface area contributed by atoms with Crippen molar-refractivity contribution in [2.24, 2.45) is 0 Å². The van der Waals surface area contributed by atoms with E-state index in [0.717, 1.165) is 31.7 Å². The lowest BCUT2D eigenvalue weighted by Crippen LogP contribution is -2.30. The van der Waals surface area contributed by atoms with Crippen LogP contribution in [0.15, 0.2) is 24.3 Å². The average molecular weight is 332 g/mol. The number of aryl methyl sites for hydroxylation is 1. The lowest BCUT2D eigenvalue weighted by molar-refractivity contribution is -0.121. The summed E-state index contributed by atoms with van der Waals surface area (Å²) in [6.45, 7) is 6.98. The lowest BCUT2D eigenvalue weighted by atomic mass is 10.2. The molecule has 4 heteroatoms. The standard InChI is InChI=1S/C20H32N2O2/c1-18-9-6-10-19(17-18)24-16-7-11-20(23)21-12-8-15-22-13-4-2-3-5-14-22/h6,9-10,17H,2-5,7-8,11-16H2,1H3,(H,21,23). The molecule has 0 unspecified atom stereocenters. The third-order valence-corrected chi connectivity index (χ3v) is 4.48. The van der Waals surface area contributed by atoms with Gasteiger partial charge in [0.2, 0.25) is 5.91 Å². The quantitative estimate of drug-likeness (QED) is 0.703. The number of carbonyl (C=O) groups is 1. The molecule has 1 aliphatic heterocycles. The second-order valence-corrected chi connectivity index (χ2v) is 6.73. The van der Waals surface area contributed by atoms with E-state index in [1.807, 2.05) is 31.2 Å². The SMILES string of the molecule is Cc1cccc(OCCCC(=O)NCCCN2CCCCCC2)c1. The van der Waals surface area contributed by atoms with Crippen molar-refractivity contribution in [1.82, 2.24) is 10.2 Å². The predicted molar refractivity (Wildman–Crippen MR) is 98.4 cm³/mol. The van der Waals surface area contributed by atoms with Gasteiger partial charge in [-0.3, -0.25) is 4.79 Å². The normalized spacial score (nSPS) is 15.7. The van der Waals surface area contributed by atoms with Crippen LogP contribution >= 0.6 is 0 Å². The van der Waals surface area contributed by atoms with Gasteiger partial charge in [-0.25, -0.2) is 0 Å². The fourth-order valence-electron chi connectivity index (χ4n) is 3.11. The van der Waals surface area contributed by atoms with Gasteiger partial charge in [0.05, 0.1) is 6.61 Å². The number of hydrogen-bond acceptors (Lipinski definition) is 3. The summed E-state index contributed by atoms with van der Waals surface area (Å²) < 4.78 is 5.67. The molecule has 1 amide bonds. The molecule has 1 N–H and O–H groups in total. The van der Waals surface area contributed by atoms with Crippen LogP contribution in [0.5, 0.6) is 5.75 Å². The molecule has 1 aromatic carbocycles. The number of amides is 1. The molecule has 1 saturated heterocycles. The average Bonchev–Trinajstić information content (AvgIpc) is 2.84. The van der Waals surface area contributed by atoms with Gasteiger partial charge in [0, 0.05) is 13.0 Å². The molecule has 0 aromatic heterocycles. The maximum Gasteiger partial charge on any atom is 0.220 e. The van der Waals surface area contributed by atoms with Gasteiger partial charge in [-0.15, -0.1) is 0 Å². The first-order valence-corrected chi connectivity index (χ1v) is 9.42. The third-order valence-electron chi connectivity index (χ3n) is 4.48. The number of nitrogens with zero attached hydrogens (tertiary/aromatic N) is 1. The second kappa shape index (κ2) is 11.1. The molecule has 1 heterocycles. The van der Waals surface area contributed by atoms with Crippen LogP contribution in [0.1, 0.15) is 50.5 Å². The molecule has 1 fully saturated rings. The van der Waals surface area contributed by atoms with E-state index in [4.69, 9.17) is 4.74 Å². The third kappa shape index (κ3) is 7.82. The zero-order chi connectivity index (χ0) is 17.0. The van der Waals surface area contributed by atoms with Crippen molar-refractivity contribution >= 4 is 5.91 Å². The molecular weight excluding hydrogens is 300 g/mol. The highest BCUT2D eigenvalue weighted by molar-refractivity contribution is 5.75. The molecular formula is C20H32N2O2. The highest BCUT2D eigenvalue weighted by atomic mass is 16.5. The van der Waals surface area contributed by atoms with E-state index in [1.54, 1.807) is 0 Å². The van der Waals surface area contributed by atoms with Gasteiger partial charge < -0.3 is 15.0 Å². The van der Waals surface area contributed by atoms with E-state index in [2.05, 4.69) is 10.2 Å². The van der Waals surface area contributed by atoms with E-state index in [1.165, 1.54) is 44.3 Å². The van der Waals surface area contributed by atoms with Crippen LogP contribution in [-0.2, 0) is 4.79 Å². The van der Waals surface area contributed by atoms with Crippen LogP contribution in [0.2, 0.25) is 0 Å². The number of likely N-dealkylation sites (tertiary alicyclic amines) is 1. The van der Waals surface area contributed by atoms with Crippen LogP contribution in [-0.4, -0.2) is 43.6 Å². The summed E-state index contributed by atoms with van der Waals surface area (Å²) in [7, 11) is 0. The molecule has 134 valence electrons. The van der Waals surface area contributed by atoms with Gasteiger partial charge >= 0.3 is 0 Å². The Kier molecular flexibility index (Phi) is 8.67. The van der Waals surface area contributed by atoms with Gasteiger partial charge in [-0.2, -0.15) is 0 Å². The summed E-state index contributed by atoms with van der Waals surface area (Å²) in [5.74, 6) is 1.02. The fourth-order valence-corrected chi connectivity index (χ4v) is 3.11. The molecule has 2 rings (SSSR count). The number of benzene rings is 1. The van der Waals surface area contributed by atoms with Crippen molar-refractivity contribution in [2.75, 3.05) is 32.8 Å². The van der Waals surface area contributed by atoms with Crippen molar-refractivity contribution < 1.29 is 9.53 Å². The minimum Gasteiger partial charge on any atom is -0.494 e. The van der Waals surface area contributed by atoms with Gasteiger partial charge in [0.1, 0.15) is 5.75 Å². The summed E-state index contributed by atoms with van der Waals surface area (Å²) in [4.78, 5) is 14.4. The summed E-state index contributed by atoms with van der Waals surface area (Å²) in [6.07, 6.45) is 7.74. The smallest absolute Gasteiger partial charge is 0.220 e. The molecule has 24 heavy (non-hydrogen) atoms. The van der Waals surface area contributed by atoms with Gasteiger partial charge in [0.15, 0.2) is 0 Å². The fraction of sp³-hybridized carbons (Fsp3) is 0.650. The van der Waals surface area contributed by atoms with Crippen LogP contribution in [0.4, 0.5) is 0 Å². The zero-order valence-corrected chi connectivity index (χ0v) is 15.1. The Morgan fingerprint density at radius 3 is 2.71 bits per heavy atom. The summed E-state index contributed by atoms with van der Waals surface area (Å²) in [5, 5.41) is 3.02. The first kappa shape index (κ1) is 18.8.